The number of halogens is 2. The van der Waals surface area contributed by atoms with E-state index in [1.54, 1.807) is 12.1 Å². The summed E-state index contributed by atoms with van der Waals surface area (Å²) in [5.74, 6) is -0.601. The van der Waals surface area contributed by atoms with Gasteiger partial charge in [-0.1, -0.05) is 30.3 Å². The molecule has 0 spiro atoms. The summed E-state index contributed by atoms with van der Waals surface area (Å²) in [5, 5.41) is 1.55. The van der Waals surface area contributed by atoms with Crippen LogP contribution < -0.4 is 4.57 Å². The van der Waals surface area contributed by atoms with Crippen LogP contribution in [0.15, 0.2) is 66.7 Å². The van der Waals surface area contributed by atoms with E-state index in [-0.39, 0.29) is 11.6 Å². The first-order chi connectivity index (χ1) is 11.1. The number of benzene rings is 3. The Morgan fingerprint density at radius 1 is 0.696 bits per heavy atom. The number of hydrogen-bond donors (Lipinski definition) is 0. The fraction of sp³-hybridized carbons (Fsp3) is 0.0500. The van der Waals surface area contributed by atoms with Crippen LogP contribution in [0, 0.1) is 11.6 Å². The largest absolute Gasteiger partial charge is 0.213 e. The highest BCUT2D eigenvalue weighted by molar-refractivity contribution is 6.07. The summed E-state index contributed by atoms with van der Waals surface area (Å²) in [7, 11) is 1.91. The van der Waals surface area contributed by atoms with Gasteiger partial charge in [0.1, 0.15) is 18.7 Å². The Morgan fingerprint density at radius 2 is 1.22 bits per heavy atom. The van der Waals surface area contributed by atoms with E-state index >= 15 is 0 Å². The van der Waals surface area contributed by atoms with Crippen LogP contribution in [0.4, 0.5) is 8.78 Å². The lowest BCUT2D eigenvalue weighted by Gasteiger charge is -2.10. The lowest BCUT2D eigenvalue weighted by atomic mass is 9.95. The molecule has 112 valence electrons. The average molecular weight is 306 g/mol. The van der Waals surface area contributed by atoms with Gasteiger partial charge in [0.2, 0.25) is 11.0 Å². The maximum Gasteiger partial charge on any atom is 0.213 e. The molecule has 0 aliphatic carbocycles. The predicted molar refractivity (Wildman–Crippen MR) is 88.0 cm³/mol. The molecule has 0 aliphatic heterocycles. The van der Waals surface area contributed by atoms with Crippen molar-refractivity contribution in [3.05, 3.63) is 78.4 Å². The number of fused-ring (bicyclic) bond motifs is 2. The average Bonchev–Trinajstić information content (AvgIpc) is 2.55. The molecule has 1 nitrogen and oxygen atoms in total. The van der Waals surface area contributed by atoms with Crippen molar-refractivity contribution in [3.63, 3.8) is 0 Å². The lowest BCUT2D eigenvalue weighted by molar-refractivity contribution is -0.617. The second kappa shape index (κ2) is 5.13. The van der Waals surface area contributed by atoms with Crippen molar-refractivity contribution in [2.24, 2.45) is 7.05 Å². The molecule has 4 aromatic rings. The second-order valence-corrected chi connectivity index (χ2v) is 5.62. The number of pyridine rings is 1. The van der Waals surface area contributed by atoms with E-state index in [9.17, 15) is 8.78 Å². The molecule has 0 N–H and O–H groups in total. The first-order valence-electron chi connectivity index (χ1n) is 7.41. The van der Waals surface area contributed by atoms with Crippen LogP contribution in [-0.2, 0) is 7.05 Å². The minimum Gasteiger partial charge on any atom is -0.207 e. The molecule has 0 radical (unpaired) electrons. The summed E-state index contributed by atoms with van der Waals surface area (Å²) >= 11 is 0. The van der Waals surface area contributed by atoms with Crippen LogP contribution in [0.1, 0.15) is 0 Å². The number of aromatic nitrogens is 1. The highest BCUT2D eigenvalue weighted by Crippen LogP contribution is 2.34. The zero-order valence-corrected chi connectivity index (χ0v) is 12.6. The van der Waals surface area contributed by atoms with Crippen molar-refractivity contribution >= 4 is 21.8 Å². The van der Waals surface area contributed by atoms with Gasteiger partial charge in [-0.3, -0.25) is 0 Å². The molecule has 0 unspecified atom stereocenters. The second-order valence-electron chi connectivity index (χ2n) is 5.62. The Balaban J connectivity index is 2.29. The van der Waals surface area contributed by atoms with Gasteiger partial charge in [0, 0.05) is 17.7 Å². The van der Waals surface area contributed by atoms with Crippen LogP contribution >= 0.6 is 0 Å². The van der Waals surface area contributed by atoms with Crippen molar-refractivity contribution in [1.29, 1.82) is 0 Å². The van der Waals surface area contributed by atoms with Crippen LogP contribution in [-0.4, -0.2) is 0 Å². The van der Waals surface area contributed by atoms with Crippen molar-refractivity contribution in [1.82, 2.24) is 0 Å². The fourth-order valence-corrected chi connectivity index (χ4v) is 3.19. The minimum atomic E-state index is -0.301. The smallest absolute Gasteiger partial charge is 0.207 e. The summed E-state index contributed by atoms with van der Waals surface area (Å²) in [6, 6.07) is 19.2. The van der Waals surface area contributed by atoms with Gasteiger partial charge in [-0.15, -0.1) is 0 Å². The van der Waals surface area contributed by atoms with E-state index < -0.39 is 0 Å². The van der Waals surface area contributed by atoms with Crippen molar-refractivity contribution < 1.29 is 13.3 Å². The van der Waals surface area contributed by atoms with Gasteiger partial charge in [-0.05, 0) is 29.8 Å². The fourth-order valence-electron chi connectivity index (χ4n) is 3.19. The van der Waals surface area contributed by atoms with Crippen LogP contribution in [0.25, 0.3) is 32.9 Å². The van der Waals surface area contributed by atoms with Gasteiger partial charge >= 0.3 is 0 Å². The normalized spacial score (nSPS) is 11.3. The molecule has 1 aromatic heterocycles. The molecule has 0 saturated carbocycles. The topological polar surface area (TPSA) is 3.88 Å². The minimum absolute atomic E-state index is 0.301. The Hall–Kier alpha value is -2.81. The molecule has 0 amide bonds. The van der Waals surface area contributed by atoms with Gasteiger partial charge in [0.25, 0.3) is 0 Å². The Morgan fingerprint density at radius 3 is 1.74 bits per heavy atom. The van der Waals surface area contributed by atoms with E-state index in [0.717, 1.165) is 32.9 Å². The van der Waals surface area contributed by atoms with Gasteiger partial charge in [-0.25, -0.2) is 8.78 Å². The maximum atomic E-state index is 13.9. The molecular weight excluding hydrogens is 292 g/mol. The Kier molecular flexibility index (Phi) is 3.08. The van der Waals surface area contributed by atoms with E-state index in [4.69, 9.17) is 0 Å². The number of rotatable bonds is 1. The van der Waals surface area contributed by atoms with E-state index in [2.05, 4.69) is 0 Å². The molecule has 3 heteroatoms. The summed E-state index contributed by atoms with van der Waals surface area (Å²) in [4.78, 5) is 0. The SMILES string of the molecule is C[n+]1c2ccc(F)cc2c(-c2ccccc2)c2cc(F)ccc21. The van der Waals surface area contributed by atoms with E-state index in [1.807, 2.05) is 41.9 Å². The molecule has 23 heavy (non-hydrogen) atoms. The molecular formula is C20H14F2N+. The summed E-state index contributed by atoms with van der Waals surface area (Å²) in [6.45, 7) is 0. The highest BCUT2D eigenvalue weighted by atomic mass is 19.1. The summed E-state index contributed by atoms with van der Waals surface area (Å²) in [5.41, 5.74) is 3.61. The van der Waals surface area contributed by atoms with Gasteiger partial charge in [0.15, 0.2) is 0 Å². The Labute approximate surface area is 132 Å². The van der Waals surface area contributed by atoms with Crippen molar-refractivity contribution in [3.8, 4) is 11.1 Å². The molecule has 0 bridgehead atoms. The first kappa shape index (κ1) is 13.8. The zero-order valence-electron chi connectivity index (χ0n) is 12.6. The van der Waals surface area contributed by atoms with Crippen LogP contribution in [0.3, 0.4) is 0 Å². The monoisotopic (exact) mass is 306 g/mol. The molecule has 0 atom stereocenters. The third-order valence-electron chi connectivity index (χ3n) is 4.24. The van der Waals surface area contributed by atoms with Crippen LogP contribution in [0.2, 0.25) is 0 Å². The summed E-state index contributed by atoms with van der Waals surface area (Å²) in [6.07, 6.45) is 0. The molecule has 1 heterocycles. The van der Waals surface area contributed by atoms with Gasteiger partial charge < -0.3 is 0 Å². The molecule has 4 rings (SSSR count). The first-order valence-corrected chi connectivity index (χ1v) is 7.41. The zero-order chi connectivity index (χ0) is 16.0. The van der Waals surface area contributed by atoms with Crippen molar-refractivity contribution in [2.45, 2.75) is 0 Å². The predicted octanol–water partition coefficient (Wildman–Crippen LogP) is 4.76. The Bertz CT molecular complexity index is 977. The third-order valence-corrected chi connectivity index (χ3v) is 4.24. The lowest BCUT2D eigenvalue weighted by Crippen LogP contribution is -2.30. The quantitative estimate of drug-likeness (QED) is 0.352. The molecule has 3 aromatic carbocycles. The van der Waals surface area contributed by atoms with Crippen molar-refractivity contribution in [2.75, 3.05) is 0 Å². The highest BCUT2D eigenvalue weighted by Gasteiger charge is 2.19. The standard InChI is InChI=1S/C20H14F2N/c1-23-18-9-7-14(21)11-16(18)20(13-5-3-2-4-6-13)17-12-15(22)8-10-19(17)23/h2-12H,1H3/q+1. The van der Waals surface area contributed by atoms with Gasteiger partial charge in [-0.2, -0.15) is 4.57 Å². The number of hydrogen-bond acceptors (Lipinski definition) is 0. The number of nitrogens with zero attached hydrogens (tertiary/aromatic N) is 1. The summed E-state index contributed by atoms with van der Waals surface area (Å²) < 4.78 is 29.7. The number of aryl methyl sites for hydroxylation is 1. The van der Waals surface area contributed by atoms with Gasteiger partial charge in [0.05, 0.1) is 10.8 Å². The van der Waals surface area contributed by atoms with E-state index in [0.29, 0.717) is 0 Å². The molecule has 0 aliphatic rings. The third kappa shape index (κ3) is 2.16. The molecule has 0 fully saturated rings. The maximum absolute atomic E-state index is 13.9. The van der Waals surface area contributed by atoms with E-state index in [1.165, 1.54) is 24.3 Å². The van der Waals surface area contributed by atoms with Crippen LogP contribution in [0.5, 0.6) is 0 Å². The molecule has 0 saturated heterocycles.